The topological polar surface area (TPSA) is 115 Å². The van der Waals surface area contributed by atoms with E-state index in [0.717, 1.165) is 49.9 Å². The fraction of sp³-hybridized carbons (Fsp3) is 0.107. The number of anilines is 1. The Morgan fingerprint density at radius 3 is 2.59 bits per heavy atom. The maximum absolute atomic E-state index is 12.2. The Kier molecular flexibility index (Phi) is 5.66. The number of hydrogen-bond donors (Lipinski definition) is 3. The van der Waals surface area contributed by atoms with Crippen molar-refractivity contribution in [2.75, 3.05) is 26.0 Å². The lowest BCUT2D eigenvalue weighted by atomic mass is 10.0. The number of rotatable bonds is 6. The number of aromatic amines is 2. The summed E-state index contributed by atoms with van der Waals surface area (Å²) in [5.41, 5.74) is 8.01. The summed E-state index contributed by atoms with van der Waals surface area (Å²) < 4.78 is 0. The van der Waals surface area contributed by atoms with E-state index in [1.54, 1.807) is 31.0 Å². The molecule has 0 spiro atoms. The van der Waals surface area contributed by atoms with Crippen molar-refractivity contribution in [2.45, 2.75) is 0 Å². The molecule has 0 aliphatic rings. The molecular weight excluding hydrogens is 464 g/mol. The molecule has 37 heavy (non-hydrogen) atoms. The molecule has 0 aliphatic carbocycles. The Hall–Kier alpha value is -4.89. The first-order valence-electron chi connectivity index (χ1n) is 11.8. The van der Waals surface area contributed by atoms with Crippen LogP contribution in [0, 0.1) is 0 Å². The van der Waals surface area contributed by atoms with Crippen LogP contribution in [0.5, 0.6) is 0 Å². The molecule has 9 nitrogen and oxygen atoms in total. The fourth-order valence-corrected chi connectivity index (χ4v) is 4.49. The van der Waals surface area contributed by atoms with E-state index in [2.05, 4.69) is 53.6 Å². The highest BCUT2D eigenvalue weighted by molar-refractivity contribution is 6.01. The summed E-state index contributed by atoms with van der Waals surface area (Å²) in [6.45, 7) is 0.295. The van der Waals surface area contributed by atoms with Crippen LogP contribution in [0.3, 0.4) is 0 Å². The highest BCUT2D eigenvalue weighted by Crippen LogP contribution is 2.34. The van der Waals surface area contributed by atoms with Gasteiger partial charge in [0.05, 0.1) is 29.8 Å². The molecule has 3 N–H and O–H groups in total. The largest absolute Gasteiger partial charge is 0.353 e. The third-order valence-electron chi connectivity index (χ3n) is 6.15. The molecule has 9 heteroatoms. The Bertz CT molecular complexity index is 1740. The van der Waals surface area contributed by atoms with Crippen LogP contribution in [-0.2, 0) is 4.79 Å². The van der Waals surface area contributed by atoms with Crippen molar-refractivity contribution in [3.63, 3.8) is 0 Å². The summed E-state index contributed by atoms with van der Waals surface area (Å²) in [4.78, 5) is 30.6. The molecule has 0 bridgehead atoms. The van der Waals surface area contributed by atoms with Crippen LogP contribution >= 0.6 is 0 Å². The van der Waals surface area contributed by atoms with Gasteiger partial charge in [-0.05, 0) is 61.6 Å². The zero-order valence-corrected chi connectivity index (χ0v) is 20.4. The number of hydrogen-bond acceptors (Lipinski definition) is 6. The SMILES string of the molecule is CN(C)CC(=O)Nc1cncc(-c2cnc3n[nH]c(-c4cc5c(-c6ccncc6)cccc5[nH]4)c3c2)c1. The van der Waals surface area contributed by atoms with Gasteiger partial charge in [-0.2, -0.15) is 5.10 Å². The van der Waals surface area contributed by atoms with E-state index < -0.39 is 0 Å². The molecule has 6 rings (SSSR count). The van der Waals surface area contributed by atoms with Crippen LogP contribution in [0.4, 0.5) is 5.69 Å². The van der Waals surface area contributed by atoms with Crippen LogP contribution < -0.4 is 5.32 Å². The number of benzene rings is 1. The Morgan fingerprint density at radius 1 is 0.919 bits per heavy atom. The van der Waals surface area contributed by atoms with Gasteiger partial charge >= 0.3 is 0 Å². The summed E-state index contributed by atoms with van der Waals surface area (Å²) in [6, 6.07) is 16.3. The van der Waals surface area contributed by atoms with Gasteiger partial charge < -0.3 is 15.2 Å². The quantitative estimate of drug-likeness (QED) is 0.312. The summed E-state index contributed by atoms with van der Waals surface area (Å²) in [5, 5.41) is 12.5. The molecule has 0 radical (unpaired) electrons. The normalized spacial score (nSPS) is 11.4. The van der Waals surface area contributed by atoms with Crippen molar-refractivity contribution in [2.24, 2.45) is 0 Å². The van der Waals surface area contributed by atoms with Gasteiger partial charge in [0.1, 0.15) is 0 Å². The van der Waals surface area contributed by atoms with E-state index in [0.29, 0.717) is 17.9 Å². The van der Waals surface area contributed by atoms with Gasteiger partial charge in [0.25, 0.3) is 0 Å². The van der Waals surface area contributed by atoms with Gasteiger partial charge in [-0.3, -0.25) is 19.9 Å². The summed E-state index contributed by atoms with van der Waals surface area (Å²) in [5.74, 6) is -0.0976. The molecule has 1 aromatic carbocycles. The van der Waals surface area contributed by atoms with Gasteiger partial charge in [-0.1, -0.05) is 12.1 Å². The molecule has 0 fully saturated rings. The smallest absolute Gasteiger partial charge is 0.238 e. The number of H-pyrrole nitrogens is 2. The Morgan fingerprint density at radius 2 is 1.76 bits per heavy atom. The van der Waals surface area contributed by atoms with Gasteiger partial charge in [-0.25, -0.2) is 4.98 Å². The second kappa shape index (κ2) is 9.29. The lowest BCUT2D eigenvalue weighted by Crippen LogP contribution is -2.27. The number of fused-ring (bicyclic) bond motifs is 2. The summed E-state index contributed by atoms with van der Waals surface area (Å²) in [6.07, 6.45) is 8.76. The molecule has 0 saturated carbocycles. The number of carbonyl (C=O) groups excluding carboxylic acids is 1. The van der Waals surface area contributed by atoms with Crippen LogP contribution in [-0.4, -0.2) is 61.6 Å². The van der Waals surface area contributed by atoms with Gasteiger partial charge in [-0.15, -0.1) is 0 Å². The zero-order valence-electron chi connectivity index (χ0n) is 20.4. The van der Waals surface area contributed by atoms with Crippen LogP contribution in [0.1, 0.15) is 0 Å². The molecule has 0 aliphatic heterocycles. The lowest BCUT2D eigenvalue weighted by Gasteiger charge is -2.10. The number of aromatic nitrogens is 6. The number of nitrogens with one attached hydrogen (secondary N) is 3. The first kappa shape index (κ1) is 22.6. The summed E-state index contributed by atoms with van der Waals surface area (Å²) >= 11 is 0. The maximum atomic E-state index is 12.2. The number of pyridine rings is 3. The van der Waals surface area contributed by atoms with E-state index in [9.17, 15) is 4.79 Å². The molecule has 1 amide bonds. The molecule has 0 unspecified atom stereocenters. The minimum Gasteiger partial charge on any atom is -0.353 e. The average Bonchev–Trinajstić information content (AvgIpc) is 3.52. The number of likely N-dealkylation sites (N-methyl/N-ethyl adjacent to an activating group) is 1. The van der Waals surface area contributed by atoms with E-state index in [1.807, 2.05) is 49.3 Å². The number of carbonyl (C=O) groups is 1. The fourth-order valence-electron chi connectivity index (χ4n) is 4.49. The monoisotopic (exact) mass is 488 g/mol. The van der Waals surface area contributed by atoms with E-state index >= 15 is 0 Å². The van der Waals surface area contributed by atoms with Crippen LogP contribution in [0.25, 0.3) is 55.6 Å². The molecule has 0 atom stereocenters. The minimum absolute atomic E-state index is 0.0976. The standard InChI is InChI=1S/C28H24N8O/c1-36(2)16-26(37)32-20-10-18(13-30-15-20)19-11-23-27(34-35-28(23)31-14-19)25-12-22-21(4-3-5-24(22)33-25)17-6-8-29-9-7-17/h3-15,33H,16H2,1-2H3,(H,32,37)(H,31,34,35). The van der Waals surface area contributed by atoms with Crippen molar-refractivity contribution in [3.8, 4) is 33.6 Å². The molecule has 6 aromatic rings. The number of nitrogens with zero attached hydrogens (tertiary/aromatic N) is 5. The van der Waals surface area contributed by atoms with E-state index in [4.69, 9.17) is 0 Å². The van der Waals surface area contributed by atoms with Gasteiger partial charge in [0, 0.05) is 52.2 Å². The summed E-state index contributed by atoms with van der Waals surface area (Å²) in [7, 11) is 3.70. The maximum Gasteiger partial charge on any atom is 0.238 e. The van der Waals surface area contributed by atoms with Crippen molar-refractivity contribution in [3.05, 3.63) is 79.5 Å². The predicted molar refractivity (Wildman–Crippen MR) is 145 cm³/mol. The van der Waals surface area contributed by atoms with Gasteiger partial charge in [0.15, 0.2) is 5.65 Å². The van der Waals surface area contributed by atoms with Crippen molar-refractivity contribution >= 4 is 33.5 Å². The van der Waals surface area contributed by atoms with Crippen molar-refractivity contribution in [1.82, 2.24) is 35.0 Å². The third-order valence-corrected chi connectivity index (χ3v) is 6.15. The zero-order chi connectivity index (χ0) is 25.4. The lowest BCUT2D eigenvalue weighted by molar-refractivity contribution is -0.116. The first-order valence-corrected chi connectivity index (χ1v) is 11.8. The Balaban J connectivity index is 1.38. The van der Waals surface area contributed by atoms with E-state index in [-0.39, 0.29) is 5.91 Å². The average molecular weight is 489 g/mol. The van der Waals surface area contributed by atoms with Crippen LogP contribution in [0.15, 0.2) is 79.5 Å². The second-order valence-corrected chi connectivity index (χ2v) is 9.13. The first-order chi connectivity index (χ1) is 18.0. The van der Waals surface area contributed by atoms with Crippen LogP contribution in [0.2, 0.25) is 0 Å². The van der Waals surface area contributed by atoms with E-state index in [1.165, 1.54) is 0 Å². The minimum atomic E-state index is -0.0976. The molecule has 5 heterocycles. The highest BCUT2D eigenvalue weighted by Gasteiger charge is 2.15. The third kappa shape index (κ3) is 4.43. The second-order valence-electron chi connectivity index (χ2n) is 9.13. The van der Waals surface area contributed by atoms with Gasteiger partial charge in [0.2, 0.25) is 5.91 Å². The van der Waals surface area contributed by atoms with Crippen molar-refractivity contribution < 1.29 is 4.79 Å². The molecule has 182 valence electrons. The predicted octanol–water partition coefficient (Wildman–Crippen LogP) is 4.73. The highest BCUT2D eigenvalue weighted by atomic mass is 16.2. The molecule has 5 aromatic heterocycles. The van der Waals surface area contributed by atoms with Crippen molar-refractivity contribution in [1.29, 1.82) is 0 Å². The number of amides is 1. The molecule has 0 saturated heterocycles. The Labute approximate surface area is 212 Å². The molecular formula is C28H24N8O.